The lowest BCUT2D eigenvalue weighted by molar-refractivity contribution is -0.0442. The number of nitrogens with one attached hydrogen (secondary N) is 1. The van der Waals surface area contributed by atoms with Gasteiger partial charge in [0.05, 0.1) is 18.4 Å². The second-order valence-corrected chi connectivity index (χ2v) is 3.57. The van der Waals surface area contributed by atoms with Crippen LogP contribution in [0.25, 0.3) is 0 Å². The molecule has 1 aromatic heterocycles. The highest BCUT2D eigenvalue weighted by Gasteiger charge is 2.34. The van der Waals surface area contributed by atoms with E-state index in [2.05, 4.69) is 0 Å². The lowest BCUT2D eigenvalue weighted by Crippen LogP contribution is -2.24. The molecular formula is C9H14N2O4. The predicted octanol–water partition coefficient (Wildman–Crippen LogP) is -0.0701. The highest BCUT2D eigenvalue weighted by molar-refractivity contribution is 5.38. The third-order valence-electron chi connectivity index (χ3n) is 2.56. The number of ether oxygens (including phenoxy) is 1. The van der Waals surface area contributed by atoms with Crippen LogP contribution in [-0.2, 0) is 4.74 Å². The fourth-order valence-corrected chi connectivity index (χ4v) is 1.72. The number of hydrogen-bond donors (Lipinski definition) is 4. The van der Waals surface area contributed by atoms with Crippen molar-refractivity contribution in [3.63, 3.8) is 0 Å². The van der Waals surface area contributed by atoms with Gasteiger partial charge in [-0.25, -0.2) is 0 Å². The normalized spacial score (nSPS) is 30.7. The molecule has 0 radical (unpaired) electrons. The first-order valence-corrected chi connectivity index (χ1v) is 4.76. The molecule has 15 heavy (non-hydrogen) atoms. The van der Waals surface area contributed by atoms with E-state index in [1.54, 1.807) is 23.0 Å². The van der Waals surface area contributed by atoms with Crippen molar-refractivity contribution in [1.82, 2.24) is 4.57 Å². The van der Waals surface area contributed by atoms with Crippen molar-refractivity contribution >= 4 is 5.69 Å². The number of aromatic nitrogens is 1. The SMILES string of the molecule is OCC1OC(n2ccc(NO)c2)CC1O. The van der Waals surface area contributed by atoms with Crippen LogP contribution >= 0.6 is 0 Å². The topological polar surface area (TPSA) is 86.9 Å². The van der Waals surface area contributed by atoms with E-state index in [1.807, 2.05) is 5.48 Å². The van der Waals surface area contributed by atoms with Crippen LogP contribution in [0.5, 0.6) is 0 Å². The average Bonchev–Trinajstić information content (AvgIpc) is 2.83. The van der Waals surface area contributed by atoms with Gasteiger partial charge in [-0.2, -0.15) is 0 Å². The van der Waals surface area contributed by atoms with Gasteiger partial charge in [0.1, 0.15) is 12.3 Å². The number of anilines is 1. The van der Waals surface area contributed by atoms with Crippen molar-refractivity contribution in [2.45, 2.75) is 24.9 Å². The van der Waals surface area contributed by atoms with E-state index in [0.717, 1.165) is 0 Å². The van der Waals surface area contributed by atoms with Crippen molar-refractivity contribution < 1.29 is 20.2 Å². The Morgan fingerprint density at radius 3 is 2.93 bits per heavy atom. The third kappa shape index (κ3) is 1.98. The maximum Gasteiger partial charge on any atom is 0.136 e. The van der Waals surface area contributed by atoms with E-state index in [4.69, 9.17) is 15.1 Å². The molecule has 4 N–H and O–H groups in total. The van der Waals surface area contributed by atoms with Crippen molar-refractivity contribution in [2.75, 3.05) is 12.1 Å². The number of aliphatic hydroxyl groups excluding tert-OH is 2. The molecular weight excluding hydrogens is 200 g/mol. The van der Waals surface area contributed by atoms with Crippen LogP contribution in [-0.4, -0.2) is 38.8 Å². The van der Waals surface area contributed by atoms with Crippen molar-refractivity contribution in [3.05, 3.63) is 18.5 Å². The smallest absolute Gasteiger partial charge is 0.136 e. The van der Waals surface area contributed by atoms with E-state index >= 15 is 0 Å². The Bertz CT molecular complexity index is 328. The van der Waals surface area contributed by atoms with Gasteiger partial charge in [0.15, 0.2) is 0 Å². The second-order valence-electron chi connectivity index (χ2n) is 3.57. The highest BCUT2D eigenvalue weighted by Crippen LogP contribution is 2.29. The zero-order valence-corrected chi connectivity index (χ0v) is 8.08. The first-order chi connectivity index (χ1) is 7.24. The van der Waals surface area contributed by atoms with Gasteiger partial charge in [0.2, 0.25) is 0 Å². The molecule has 1 saturated heterocycles. The summed E-state index contributed by atoms with van der Waals surface area (Å²) in [7, 11) is 0. The predicted molar refractivity (Wildman–Crippen MR) is 51.5 cm³/mol. The molecule has 1 aromatic rings. The summed E-state index contributed by atoms with van der Waals surface area (Å²) >= 11 is 0. The lowest BCUT2D eigenvalue weighted by Gasteiger charge is -2.13. The summed E-state index contributed by atoms with van der Waals surface area (Å²) in [6.07, 6.45) is 2.37. The summed E-state index contributed by atoms with van der Waals surface area (Å²) in [6, 6.07) is 1.68. The van der Waals surface area contributed by atoms with Gasteiger partial charge in [0, 0.05) is 18.8 Å². The van der Waals surface area contributed by atoms with Crippen LogP contribution in [0, 0.1) is 0 Å². The van der Waals surface area contributed by atoms with Crippen LogP contribution in [0.4, 0.5) is 5.69 Å². The van der Waals surface area contributed by atoms with E-state index < -0.39 is 12.2 Å². The molecule has 1 fully saturated rings. The van der Waals surface area contributed by atoms with Gasteiger partial charge >= 0.3 is 0 Å². The van der Waals surface area contributed by atoms with E-state index in [9.17, 15) is 5.11 Å². The fourth-order valence-electron chi connectivity index (χ4n) is 1.72. The van der Waals surface area contributed by atoms with Gasteiger partial charge in [-0.1, -0.05) is 0 Å². The summed E-state index contributed by atoms with van der Waals surface area (Å²) in [5, 5.41) is 27.1. The molecule has 6 heteroatoms. The maximum absolute atomic E-state index is 9.52. The first kappa shape index (κ1) is 10.4. The molecule has 0 saturated carbocycles. The Morgan fingerprint density at radius 2 is 2.40 bits per heavy atom. The summed E-state index contributed by atoms with van der Waals surface area (Å²) in [4.78, 5) is 0. The number of rotatable bonds is 3. The van der Waals surface area contributed by atoms with E-state index in [1.165, 1.54) is 0 Å². The molecule has 1 aliphatic heterocycles. The van der Waals surface area contributed by atoms with Crippen molar-refractivity contribution in [1.29, 1.82) is 0 Å². The van der Waals surface area contributed by atoms with Crippen LogP contribution in [0.2, 0.25) is 0 Å². The fraction of sp³-hybridized carbons (Fsp3) is 0.556. The minimum atomic E-state index is -0.645. The van der Waals surface area contributed by atoms with E-state index in [0.29, 0.717) is 12.1 Å². The number of hydrogen-bond acceptors (Lipinski definition) is 5. The summed E-state index contributed by atoms with van der Waals surface area (Å²) in [5.74, 6) is 0. The Labute approximate surface area is 86.7 Å². The summed E-state index contributed by atoms with van der Waals surface area (Å²) in [6.45, 7) is -0.190. The Hall–Kier alpha value is -1.08. The minimum Gasteiger partial charge on any atom is -0.394 e. The molecule has 2 rings (SSSR count). The van der Waals surface area contributed by atoms with Gasteiger partial charge in [-0.15, -0.1) is 0 Å². The zero-order chi connectivity index (χ0) is 10.8. The highest BCUT2D eigenvalue weighted by atomic mass is 16.5. The van der Waals surface area contributed by atoms with Crippen LogP contribution in [0.1, 0.15) is 12.6 Å². The Balaban J connectivity index is 2.06. The molecule has 0 spiro atoms. The molecule has 1 aliphatic rings. The van der Waals surface area contributed by atoms with Gasteiger partial charge in [-0.3, -0.25) is 10.7 Å². The molecule has 0 amide bonds. The molecule has 2 heterocycles. The molecule has 6 nitrogen and oxygen atoms in total. The second kappa shape index (κ2) is 4.19. The third-order valence-corrected chi connectivity index (χ3v) is 2.56. The van der Waals surface area contributed by atoms with Crippen LogP contribution < -0.4 is 5.48 Å². The molecule has 0 bridgehead atoms. The summed E-state index contributed by atoms with van der Waals surface area (Å²) in [5.41, 5.74) is 2.58. The summed E-state index contributed by atoms with van der Waals surface area (Å²) < 4.78 is 7.15. The average molecular weight is 214 g/mol. The Morgan fingerprint density at radius 1 is 1.60 bits per heavy atom. The first-order valence-electron chi connectivity index (χ1n) is 4.76. The molecule has 0 aliphatic carbocycles. The maximum atomic E-state index is 9.52. The number of nitrogens with zero attached hydrogens (tertiary/aromatic N) is 1. The Kier molecular flexibility index (Phi) is 2.92. The molecule has 3 unspecified atom stereocenters. The van der Waals surface area contributed by atoms with Gasteiger partial charge in [0.25, 0.3) is 0 Å². The van der Waals surface area contributed by atoms with Crippen LogP contribution in [0.3, 0.4) is 0 Å². The van der Waals surface area contributed by atoms with Crippen molar-refractivity contribution in [3.8, 4) is 0 Å². The largest absolute Gasteiger partial charge is 0.394 e. The van der Waals surface area contributed by atoms with Crippen LogP contribution in [0.15, 0.2) is 18.5 Å². The van der Waals surface area contributed by atoms with Crippen molar-refractivity contribution in [2.24, 2.45) is 0 Å². The standard InChI is InChI=1S/C9H14N2O4/c12-5-8-7(13)3-9(15-8)11-2-1-6(4-11)10-14/h1-2,4,7-10,12-14H,3,5H2. The monoisotopic (exact) mass is 214 g/mol. The zero-order valence-electron chi connectivity index (χ0n) is 8.08. The molecule has 84 valence electrons. The minimum absolute atomic E-state index is 0.190. The van der Waals surface area contributed by atoms with E-state index in [-0.39, 0.29) is 12.8 Å². The van der Waals surface area contributed by atoms with Gasteiger partial charge in [-0.05, 0) is 6.07 Å². The quantitative estimate of drug-likeness (QED) is 0.529. The molecule has 3 atom stereocenters. The lowest BCUT2D eigenvalue weighted by atomic mass is 10.2. The number of aliphatic hydroxyl groups is 2. The van der Waals surface area contributed by atoms with Gasteiger partial charge < -0.3 is 19.5 Å². The molecule has 0 aromatic carbocycles.